The summed E-state index contributed by atoms with van der Waals surface area (Å²) in [6.45, 7) is 17.3. The van der Waals surface area contributed by atoms with Gasteiger partial charge in [-0.3, -0.25) is 0 Å². The van der Waals surface area contributed by atoms with Crippen LogP contribution in [0.4, 0.5) is 0 Å². The molecule has 0 radical (unpaired) electrons. The Morgan fingerprint density at radius 2 is 0.938 bits per heavy atom. The van der Waals surface area contributed by atoms with Crippen molar-refractivity contribution >= 4 is 16.6 Å². The van der Waals surface area contributed by atoms with Crippen molar-refractivity contribution in [2.45, 2.75) is 66.1 Å². The monoisotopic (exact) mass is 260 g/mol. The van der Waals surface area contributed by atoms with Crippen LogP contribution < -0.4 is 0 Å². The van der Waals surface area contributed by atoms with Crippen LogP contribution in [0.25, 0.3) is 0 Å². The average Bonchev–Trinajstić information content (AvgIpc) is 1.96. The molecule has 0 atom stereocenters. The zero-order valence-corrected chi connectivity index (χ0v) is 14.1. The molecule has 0 heterocycles. The highest BCUT2D eigenvalue weighted by atomic mass is 28.4. The molecule has 0 fully saturated rings. The van der Waals surface area contributed by atoms with E-state index in [1.165, 1.54) is 0 Å². The van der Waals surface area contributed by atoms with E-state index in [-0.39, 0.29) is 0 Å². The van der Waals surface area contributed by atoms with E-state index in [1.807, 2.05) is 0 Å². The smallest absolute Gasteiger partial charge is 0.210 e. The summed E-state index contributed by atoms with van der Waals surface area (Å²) in [6.07, 6.45) is 0.615. The third kappa shape index (κ3) is 8.27. The predicted octanol–water partition coefficient (Wildman–Crippen LogP) is 3.88. The molecule has 96 valence electrons. The van der Waals surface area contributed by atoms with Gasteiger partial charge in [-0.15, -0.1) is 0 Å². The highest BCUT2D eigenvalue weighted by molar-refractivity contribution is 6.81. The molecule has 4 heteroatoms. The average molecular weight is 261 g/mol. The molecule has 0 unspecified atom stereocenters. The summed E-state index contributed by atoms with van der Waals surface area (Å²) in [5.41, 5.74) is 4.56. The van der Waals surface area contributed by atoms with Crippen LogP contribution >= 0.6 is 0 Å². The quantitative estimate of drug-likeness (QED) is 0.675. The van der Waals surface area contributed by atoms with Crippen LogP contribution in [0.2, 0.25) is 26.2 Å². The lowest BCUT2D eigenvalue weighted by molar-refractivity contribution is 0.235. The lowest BCUT2D eigenvalue weighted by Crippen LogP contribution is -2.36. The number of hydrogen-bond acceptors (Lipinski definition) is 2. The van der Waals surface area contributed by atoms with Gasteiger partial charge in [-0.2, -0.15) is 0 Å². The normalized spacial score (nSPS) is 14.4. The molecule has 0 saturated carbocycles. The van der Waals surface area contributed by atoms with E-state index in [2.05, 4.69) is 65.3 Å². The summed E-state index contributed by atoms with van der Waals surface area (Å²) in [5, 5.41) is 0. The molecule has 16 heavy (non-hydrogen) atoms. The minimum Gasteiger partial charge on any atom is -0.411 e. The standard InChI is InChI=1S/C12H28O2Si2/c1-11(2)13-15(5,6)9-10-16(7,8)14-12(3)4/h9-12H,1-8H3/b10-9+. The van der Waals surface area contributed by atoms with Gasteiger partial charge >= 0.3 is 0 Å². The minimum atomic E-state index is -1.65. The fourth-order valence-electron chi connectivity index (χ4n) is 1.69. The Morgan fingerprint density at radius 1 is 0.688 bits per heavy atom. The van der Waals surface area contributed by atoms with Gasteiger partial charge in [-0.25, -0.2) is 0 Å². The van der Waals surface area contributed by atoms with Crippen LogP contribution in [0.1, 0.15) is 27.7 Å². The van der Waals surface area contributed by atoms with Gasteiger partial charge in [0.1, 0.15) is 0 Å². The molecule has 0 spiro atoms. The molecule has 0 N–H and O–H groups in total. The van der Waals surface area contributed by atoms with E-state index in [1.54, 1.807) is 0 Å². The maximum atomic E-state index is 5.96. The molecule has 0 aromatic rings. The molecule has 0 aliphatic rings. The Bertz CT molecular complexity index is 209. The van der Waals surface area contributed by atoms with Crippen LogP contribution in [0.5, 0.6) is 0 Å². The second-order valence-corrected chi connectivity index (χ2v) is 13.4. The van der Waals surface area contributed by atoms with E-state index in [0.29, 0.717) is 12.2 Å². The number of hydrogen-bond donors (Lipinski definition) is 0. The fraction of sp³-hybridized carbons (Fsp3) is 0.833. The van der Waals surface area contributed by atoms with Crippen LogP contribution in [0, 0.1) is 0 Å². The van der Waals surface area contributed by atoms with E-state index >= 15 is 0 Å². The summed E-state index contributed by atoms with van der Waals surface area (Å²) in [4.78, 5) is 0. The van der Waals surface area contributed by atoms with Gasteiger partial charge in [-0.05, 0) is 53.9 Å². The van der Waals surface area contributed by atoms with Crippen molar-refractivity contribution in [1.29, 1.82) is 0 Å². The zero-order valence-electron chi connectivity index (χ0n) is 12.1. The Labute approximate surface area is 103 Å². The van der Waals surface area contributed by atoms with Crippen molar-refractivity contribution in [1.82, 2.24) is 0 Å². The maximum Gasteiger partial charge on any atom is 0.210 e. The van der Waals surface area contributed by atoms with Crippen molar-refractivity contribution in [2.24, 2.45) is 0 Å². The Hall–Kier alpha value is 0.0938. The van der Waals surface area contributed by atoms with Crippen molar-refractivity contribution in [2.75, 3.05) is 0 Å². The van der Waals surface area contributed by atoms with Crippen molar-refractivity contribution in [3.05, 3.63) is 11.4 Å². The molecule has 0 bridgehead atoms. The Kier molecular flexibility index (Phi) is 6.18. The molecule has 0 aromatic heterocycles. The molecule has 2 nitrogen and oxygen atoms in total. The number of rotatable bonds is 6. The molecule has 0 amide bonds. The SMILES string of the molecule is CC(C)O[Si](C)(C)/C=C/[Si](C)(C)OC(C)C. The second kappa shape index (κ2) is 6.14. The second-order valence-electron chi connectivity index (χ2n) is 5.87. The largest absolute Gasteiger partial charge is 0.411 e. The summed E-state index contributed by atoms with van der Waals surface area (Å²) >= 11 is 0. The minimum absolute atomic E-state index is 0.308. The molecule has 0 aliphatic carbocycles. The first kappa shape index (κ1) is 16.1. The van der Waals surface area contributed by atoms with Gasteiger partial charge in [-0.1, -0.05) is 11.4 Å². The van der Waals surface area contributed by atoms with Crippen molar-refractivity contribution < 1.29 is 8.85 Å². The Morgan fingerprint density at radius 3 is 1.12 bits per heavy atom. The van der Waals surface area contributed by atoms with Crippen LogP contribution in [-0.4, -0.2) is 28.8 Å². The third-order valence-corrected chi connectivity index (χ3v) is 6.39. The maximum absolute atomic E-state index is 5.96. The molecule has 0 saturated heterocycles. The summed E-state index contributed by atoms with van der Waals surface area (Å²) < 4.78 is 11.9. The summed E-state index contributed by atoms with van der Waals surface area (Å²) in [6, 6.07) is 0. The first-order chi connectivity index (χ1) is 7.04. The molecular weight excluding hydrogens is 232 g/mol. The van der Waals surface area contributed by atoms with E-state index in [0.717, 1.165) is 0 Å². The Balaban J connectivity index is 4.45. The molecular formula is C12H28O2Si2. The topological polar surface area (TPSA) is 18.5 Å². The first-order valence-corrected chi connectivity index (χ1v) is 12.1. The van der Waals surface area contributed by atoms with E-state index in [4.69, 9.17) is 8.85 Å². The van der Waals surface area contributed by atoms with Crippen LogP contribution in [-0.2, 0) is 8.85 Å². The lowest BCUT2D eigenvalue weighted by atomic mass is 10.5. The van der Waals surface area contributed by atoms with Crippen molar-refractivity contribution in [3.63, 3.8) is 0 Å². The van der Waals surface area contributed by atoms with Gasteiger partial charge in [0, 0.05) is 12.2 Å². The molecule has 0 aromatic carbocycles. The molecule has 0 aliphatic heterocycles. The highest BCUT2D eigenvalue weighted by Gasteiger charge is 2.25. The van der Waals surface area contributed by atoms with E-state index in [9.17, 15) is 0 Å². The summed E-state index contributed by atoms with van der Waals surface area (Å²) in [7, 11) is -3.31. The molecule has 0 rings (SSSR count). The third-order valence-electron chi connectivity index (χ3n) is 1.96. The zero-order chi connectivity index (χ0) is 13.0. The lowest BCUT2D eigenvalue weighted by Gasteiger charge is -2.26. The predicted molar refractivity (Wildman–Crippen MR) is 76.5 cm³/mol. The van der Waals surface area contributed by atoms with Crippen LogP contribution in [0.3, 0.4) is 0 Å². The van der Waals surface area contributed by atoms with Crippen LogP contribution in [0.15, 0.2) is 11.4 Å². The highest BCUT2D eigenvalue weighted by Crippen LogP contribution is 2.15. The fourth-order valence-corrected chi connectivity index (χ4v) is 7.49. The van der Waals surface area contributed by atoms with Gasteiger partial charge in [0.15, 0.2) is 0 Å². The van der Waals surface area contributed by atoms with Gasteiger partial charge in [0.2, 0.25) is 16.6 Å². The van der Waals surface area contributed by atoms with Gasteiger partial charge in [0.05, 0.1) is 0 Å². The van der Waals surface area contributed by atoms with E-state index < -0.39 is 16.6 Å². The first-order valence-electron chi connectivity index (χ1n) is 6.10. The van der Waals surface area contributed by atoms with Crippen molar-refractivity contribution in [3.8, 4) is 0 Å². The van der Waals surface area contributed by atoms with Gasteiger partial charge in [0.25, 0.3) is 0 Å². The summed E-state index contributed by atoms with van der Waals surface area (Å²) in [5.74, 6) is 0. The van der Waals surface area contributed by atoms with Gasteiger partial charge < -0.3 is 8.85 Å².